The molecule has 2 heterocycles. The summed E-state index contributed by atoms with van der Waals surface area (Å²) in [4.78, 5) is 20.3. The van der Waals surface area contributed by atoms with Crippen LogP contribution in [0.2, 0.25) is 0 Å². The van der Waals surface area contributed by atoms with Gasteiger partial charge < -0.3 is 19.9 Å². The molecule has 1 aliphatic heterocycles. The lowest BCUT2D eigenvalue weighted by Crippen LogP contribution is -2.49. The van der Waals surface area contributed by atoms with Crippen molar-refractivity contribution in [1.29, 1.82) is 0 Å². The Hall–Kier alpha value is -2.51. The molecule has 2 fully saturated rings. The summed E-state index contributed by atoms with van der Waals surface area (Å²) in [6, 6.07) is 11.5. The minimum Gasteiger partial charge on any atom is -0.488 e. The van der Waals surface area contributed by atoms with E-state index in [4.69, 9.17) is 4.74 Å². The SMILES string of the molecule is CN1CCN(C(=O)CNC2CC2c2ccccc2OCc2cccnc2F)CC1. The number of amides is 1. The van der Waals surface area contributed by atoms with Gasteiger partial charge in [-0.2, -0.15) is 4.39 Å². The number of carbonyl (C=O) groups is 1. The zero-order valence-electron chi connectivity index (χ0n) is 16.7. The number of nitrogens with zero attached hydrogens (tertiary/aromatic N) is 3. The van der Waals surface area contributed by atoms with Crippen molar-refractivity contribution in [1.82, 2.24) is 20.1 Å². The lowest BCUT2D eigenvalue weighted by molar-refractivity contribution is -0.131. The van der Waals surface area contributed by atoms with Crippen LogP contribution in [-0.4, -0.2) is 66.5 Å². The van der Waals surface area contributed by atoms with E-state index in [1.165, 1.54) is 6.20 Å². The van der Waals surface area contributed by atoms with Crippen LogP contribution in [0.3, 0.4) is 0 Å². The Balaban J connectivity index is 1.30. The van der Waals surface area contributed by atoms with Crippen molar-refractivity contribution in [3.05, 3.63) is 59.7 Å². The van der Waals surface area contributed by atoms with E-state index in [1.807, 2.05) is 29.2 Å². The molecule has 0 bridgehead atoms. The molecule has 2 aromatic rings. The number of rotatable bonds is 7. The highest BCUT2D eigenvalue weighted by Crippen LogP contribution is 2.44. The molecule has 2 aliphatic rings. The molecular weight excluding hydrogens is 371 g/mol. The monoisotopic (exact) mass is 398 g/mol. The highest BCUT2D eigenvalue weighted by molar-refractivity contribution is 5.78. The summed E-state index contributed by atoms with van der Waals surface area (Å²) in [6.07, 6.45) is 2.40. The second-order valence-electron chi connectivity index (χ2n) is 7.79. The maximum Gasteiger partial charge on any atom is 0.236 e. The van der Waals surface area contributed by atoms with Crippen molar-refractivity contribution in [3.63, 3.8) is 0 Å². The number of halogens is 1. The third kappa shape index (κ3) is 4.92. The van der Waals surface area contributed by atoms with E-state index in [1.54, 1.807) is 12.1 Å². The van der Waals surface area contributed by atoms with Gasteiger partial charge in [-0.3, -0.25) is 4.79 Å². The molecule has 1 amide bonds. The second-order valence-corrected chi connectivity index (χ2v) is 7.79. The Morgan fingerprint density at radius 1 is 1.21 bits per heavy atom. The summed E-state index contributed by atoms with van der Waals surface area (Å²) in [5, 5.41) is 3.39. The molecule has 0 spiro atoms. The van der Waals surface area contributed by atoms with Crippen LogP contribution in [0.15, 0.2) is 42.6 Å². The third-order valence-corrected chi connectivity index (χ3v) is 5.70. The molecule has 1 saturated heterocycles. The van der Waals surface area contributed by atoms with Gasteiger partial charge in [-0.1, -0.05) is 18.2 Å². The molecule has 2 atom stereocenters. The summed E-state index contributed by atoms with van der Waals surface area (Å²) in [6.45, 7) is 3.97. The van der Waals surface area contributed by atoms with Crippen molar-refractivity contribution in [2.45, 2.75) is 25.0 Å². The van der Waals surface area contributed by atoms with Crippen molar-refractivity contribution in [2.75, 3.05) is 39.8 Å². The standard InChI is InChI=1S/C22H27FN4O2/c1-26-9-11-27(12-10-26)21(28)14-25-19-13-18(19)17-6-2-3-7-20(17)29-15-16-5-4-8-24-22(16)23/h2-8,18-19,25H,9-15H2,1H3. The van der Waals surface area contributed by atoms with E-state index in [0.29, 0.717) is 18.0 Å². The van der Waals surface area contributed by atoms with Crippen LogP contribution in [0.25, 0.3) is 0 Å². The fourth-order valence-corrected chi connectivity index (χ4v) is 3.75. The smallest absolute Gasteiger partial charge is 0.236 e. The molecular formula is C22H27FN4O2. The van der Waals surface area contributed by atoms with Gasteiger partial charge in [0.15, 0.2) is 0 Å². The molecule has 154 valence electrons. The van der Waals surface area contributed by atoms with Gasteiger partial charge in [0.05, 0.1) is 6.54 Å². The highest BCUT2D eigenvalue weighted by Gasteiger charge is 2.40. The number of para-hydroxylation sites is 1. The summed E-state index contributed by atoms with van der Waals surface area (Å²) in [5.74, 6) is 0.736. The van der Waals surface area contributed by atoms with Crippen LogP contribution in [0, 0.1) is 5.95 Å². The van der Waals surface area contributed by atoms with Gasteiger partial charge in [0.2, 0.25) is 11.9 Å². The normalized spacial score (nSPS) is 21.8. The fraction of sp³-hybridized carbons (Fsp3) is 0.455. The molecule has 1 aromatic carbocycles. The number of carbonyl (C=O) groups excluding carboxylic acids is 1. The summed E-state index contributed by atoms with van der Waals surface area (Å²) >= 11 is 0. The van der Waals surface area contributed by atoms with E-state index in [2.05, 4.69) is 22.2 Å². The third-order valence-electron chi connectivity index (χ3n) is 5.70. The molecule has 4 rings (SSSR count). The number of piperazine rings is 1. The number of ether oxygens (including phenoxy) is 1. The maximum atomic E-state index is 13.7. The first-order valence-electron chi connectivity index (χ1n) is 10.1. The van der Waals surface area contributed by atoms with Gasteiger partial charge in [-0.25, -0.2) is 4.98 Å². The Morgan fingerprint density at radius 2 is 2.00 bits per heavy atom. The quantitative estimate of drug-likeness (QED) is 0.724. The van der Waals surface area contributed by atoms with E-state index >= 15 is 0 Å². The van der Waals surface area contributed by atoms with Crippen LogP contribution in [0.4, 0.5) is 4.39 Å². The second kappa shape index (κ2) is 8.88. The van der Waals surface area contributed by atoms with E-state index in [9.17, 15) is 9.18 Å². The number of benzene rings is 1. The highest BCUT2D eigenvalue weighted by atomic mass is 19.1. The minimum absolute atomic E-state index is 0.142. The summed E-state index contributed by atoms with van der Waals surface area (Å²) < 4.78 is 19.6. The Labute approximate surface area is 170 Å². The molecule has 7 heteroatoms. The van der Waals surface area contributed by atoms with Gasteiger partial charge in [0.25, 0.3) is 0 Å². The van der Waals surface area contributed by atoms with Crippen LogP contribution in [0.1, 0.15) is 23.5 Å². The molecule has 29 heavy (non-hydrogen) atoms. The Morgan fingerprint density at radius 3 is 2.79 bits per heavy atom. The Kier molecular flexibility index (Phi) is 6.06. The average Bonchev–Trinajstić information content (AvgIpc) is 3.52. The lowest BCUT2D eigenvalue weighted by atomic mass is 10.1. The van der Waals surface area contributed by atoms with Gasteiger partial charge in [0, 0.05) is 49.9 Å². The van der Waals surface area contributed by atoms with Gasteiger partial charge in [0.1, 0.15) is 12.4 Å². The van der Waals surface area contributed by atoms with E-state index in [0.717, 1.165) is 43.9 Å². The van der Waals surface area contributed by atoms with Crippen LogP contribution in [-0.2, 0) is 11.4 Å². The predicted molar refractivity (Wildman–Crippen MR) is 108 cm³/mol. The molecule has 6 nitrogen and oxygen atoms in total. The largest absolute Gasteiger partial charge is 0.488 e. The molecule has 1 aliphatic carbocycles. The molecule has 1 aromatic heterocycles. The number of hydrogen-bond acceptors (Lipinski definition) is 5. The number of pyridine rings is 1. The molecule has 2 unspecified atom stereocenters. The zero-order chi connectivity index (χ0) is 20.2. The molecule has 1 saturated carbocycles. The number of aromatic nitrogens is 1. The average molecular weight is 398 g/mol. The summed E-state index contributed by atoms with van der Waals surface area (Å²) in [5.41, 5.74) is 1.53. The maximum absolute atomic E-state index is 13.7. The van der Waals surface area contributed by atoms with Gasteiger partial charge in [-0.15, -0.1) is 0 Å². The van der Waals surface area contributed by atoms with E-state index in [-0.39, 0.29) is 18.6 Å². The number of nitrogens with one attached hydrogen (secondary N) is 1. The Bertz CT molecular complexity index is 854. The predicted octanol–water partition coefficient (Wildman–Crippen LogP) is 2.02. The molecule has 0 radical (unpaired) electrons. The van der Waals surface area contributed by atoms with Gasteiger partial charge >= 0.3 is 0 Å². The summed E-state index contributed by atoms with van der Waals surface area (Å²) in [7, 11) is 2.08. The molecule has 1 N–H and O–H groups in total. The minimum atomic E-state index is -0.502. The fourth-order valence-electron chi connectivity index (χ4n) is 3.75. The van der Waals surface area contributed by atoms with Crippen LogP contribution in [0.5, 0.6) is 5.75 Å². The zero-order valence-corrected chi connectivity index (χ0v) is 16.7. The van der Waals surface area contributed by atoms with Gasteiger partial charge in [-0.05, 0) is 37.2 Å². The van der Waals surface area contributed by atoms with Crippen molar-refractivity contribution in [2.24, 2.45) is 0 Å². The topological polar surface area (TPSA) is 57.7 Å². The number of likely N-dealkylation sites (N-methyl/N-ethyl adjacent to an activating group) is 1. The first-order valence-corrected chi connectivity index (χ1v) is 10.1. The van der Waals surface area contributed by atoms with Crippen molar-refractivity contribution in [3.8, 4) is 5.75 Å². The first kappa shape index (κ1) is 19.8. The van der Waals surface area contributed by atoms with Crippen LogP contribution >= 0.6 is 0 Å². The number of hydrogen-bond donors (Lipinski definition) is 1. The van der Waals surface area contributed by atoms with Crippen molar-refractivity contribution < 1.29 is 13.9 Å². The van der Waals surface area contributed by atoms with Crippen molar-refractivity contribution >= 4 is 5.91 Å². The lowest BCUT2D eigenvalue weighted by Gasteiger charge is -2.32. The first-order chi connectivity index (χ1) is 14.1. The van der Waals surface area contributed by atoms with E-state index < -0.39 is 5.95 Å². The van der Waals surface area contributed by atoms with Crippen LogP contribution < -0.4 is 10.1 Å².